The molecule has 158 valence electrons. The number of hydrogen-bond acceptors (Lipinski definition) is 7. The molecule has 0 saturated carbocycles. The van der Waals surface area contributed by atoms with Crippen LogP contribution in [0.5, 0.6) is 0 Å². The van der Waals surface area contributed by atoms with Crippen LogP contribution >= 0.6 is 15.9 Å². The molecule has 2 aromatic carbocycles. The van der Waals surface area contributed by atoms with Crippen LogP contribution < -0.4 is 0 Å². The molecule has 3 aromatic rings. The molecular weight excluding hydrogens is 452 g/mol. The van der Waals surface area contributed by atoms with Crippen LogP contribution in [-0.4, -0.2) is 46.4 Å². The number of carbonyl (C=O) groups is 2. The van der Waals surface area contributed by atoms with Gasteiger partial charge >= 0.3 is 11.9 Å². The quantitative estimate of drug-likeness (QED) is 0.383. The zero-order chi connectivity index (χ0) is 21.8. The first-order chi connectivity index (χ1) is 14.5. The van der Waals surface area contributed by atoms with Gasteiger partial charge in [-0.15, -0.1) is 10.2 Å². The number of halogens is 1. The minimum Gasteiger partial charge on any atom is -0.469 e. The fourth-order valence-electron chi connectivity index (χ4n) is 2.41. The molecule has 8 nitrogen and oxygen atoms in total. The van der Waals surface area contributed by atoms with Crippen molar-refractivity contribution in [3.8, 4) is 0 Å². The molecule has 1 aromatic heterocycles. The van der Waals surface area contributed by atoms with Crippen LogP contribution in [-0.2, 0) is 43.8 Å². The van der Waals surface area contributed by atoms with Gasteiger partial charge in [-0.05, 0) is 27.5 Å². The molecule has 9 heteroatoms. The minimum atomic E-state index is -0.240. The Labute approximate surface area is 183 Å². The Morgan fingerprint density at radius 2 is 1.30 bits per heavy atom. The zero-order valence-electron chi connectivity index (χ0n) is 16.8. The molecule has 30 heavy (non-hydrogen) atoms. The highest BCUT2D eigenvalue weighted by atomic mass is 79.9. The molecule has 0 spiro atoms. The van der Waals surface area contributed by atoms with Crippen molar-refractivity contribution in [2.45, 2.75) is 24.7 Å². The number of ether oxygens (including phenoxy) is 2. The van der Waals surface area contributed by atoms with Gasteiger partial charge in [0.25, 0.3) is 0 Å². The Balaban J connectivity index is 0.000000222. The molecule has 0 fully saturated rings. The van der Waals surface area contributed by atoms with Gasteiger partial charge in [0.05, 0.1) is 33.6 Å². The van der Waals surface area contributed by atoms with E-state index < -0.39 is 0 Å². The lowest BCUT2D eigenvalue weighted by atomic mass is 10.1. The molecule has 0 aliphatic heterocycles. The van der Waals surface area contributed by atoms with E-state index in [1.165, 1.54) is 30.9 Å². The lowest BCUT2D eigenvalue weighted by Gasteiger charge is -2.02. The summed E-state index contributed by atoms with van der Waals surface area (Å²) in [6, 6.07) is 15.5. The van der Waals surface area contributed by atoms with Crippen LogP contribution in [0.1, 0.15) is 22.3 Å². The number of benzene rings is 2. The van der Waals surface area contributed by atoms with E-state index in [1.807, 2.05) is 48.5 Å². The predicted molar refractivity (Wildman–Crippen MR) is 114 cm³/mol. The van der Waals surface area contributed by atoms with E-state index in [0.717, 1.165) is 22.0 Å². The van der Waals surface area contributed by atoms with Gasteiger partial charge in [-0.2, -0.15) is 4.80 Å². The maximum atomic E-state index is 11.1. The summed E-state index contributed by atoms with van der Waals surface area (Å²) in [6.07, 6.45) is 2.03. The Hall–Kier alpha value is -3.07. The topological polar surface area (TPSA) is 96.2 Å². The van der Waals surface area contributed by atoms with Gasteiger partial charge in [-0.1, -0.05) is 64.5 Å². The Morgan fingerprint density at radius 1 is 0.833 bits per heavy atom. The highest BCUT2D eigenvalue weighted by Gasteiger charge is 2.03. The van der Waals surface area contributed by atoms with E-state index in [-0.39, 0.29) is 11.9 Å². The predicted octanol–water partition coefficient (Wildman–Crippen LogP) is 2.73. The Kier molecular flexibility index (Phi) is 9.66. The largest absolute Gasteiger partial charge is 0.469 e. The molecule has 0 atom stereocenters. The number of methoxy groups -OCH3 is 2. The van der Waals surface area contributed by atoms with Crippen molar-refractivity contribution in [2.75, 3.05) is 14.2 Å². The SMILES string of the molecule is COC(=O)Cc1ccc(CBr)cc1.COC(=O)Cc1ccc(Cn2ncnn2)cc1. The molecular formula is C21H23BrN4O4. The number of rotatable bonds is 7. The van der Waals surface area contributed by atoms with E-state index in [1.54, 1.807) is 0 Å². The summed E-state index contributed by atoms with van der Waals surface area (Å²) in [6.45, 7) is 0.568. The van der Waals surface area contributed by atoms with Crippen LogP contribution in [0.15, 0.2) is 54.9 Å². The number of hydrogen-bond donors (Lipinski definition) is 0. The monoisotopic (exact) mass is 474 g/mol. The average Bonchev–Trinajstić information content (AvgIpc) is 3.29. The van der Waals surface area contributed by atoms with E-state index in [9.17, 15) is 9.59 Å². The summed E-state index contributed by atoms with van der Waals surface area (Å²) in [4.78, 5) is 23.5. The first-order valence-corrected chi connectivity index (χ1v) is 10.2. The Morgan fingerprint density at radius 3 is 1.70 bits per heavy atom. The lowest BCUT2D eigenvalue weighted by molar-refractivity contribution is -0.140. The second kappa shape index (κ2) is 12.5. The van der Waals surface area contributed by atoms with Crippen molar-refractivity contribution in [1.29, 1.82) is 0 Å². The van der Waals surface area contributed by atoms with Crippen LogP contribution in [0, 0.1) is 0 Å². The minimum absolute atomic E-state index is 0.202. The number of alkyl halides is 1. The van der Waals surface area contributed by atoms with Crippen LogP contribution in [0.25, 0.3) is 0 Å². The molecule has 3 rings (SSSR count). The number of tetrazole rings is 1. The summed E-state index contributed by atoms with van der Waals surface area (Å²) in [5, 5.41) is 12.2. The van der Waals surface area contributed by atoms with E-state index in [2.05, 4.69) is 40.8 Å². The van der Waals surface area contributed by atoms with Crippen molar-refractivity contribution in [1.82, 2.24) is 20.2 Å². The fraction of sp³-hybridized carbons (Fsp3) is 0.286. The highest BCUT2D eigenvalue weighted by Crippen LogP contribution is 2.09. The summed E-state index contributed by atoms with van der Waals surface area (Å²) in [5.41, 5.74) is 4.16. The number of esters is 2. The standard InChI is InChI=1S/C11H12N4O2.C10H11BrO2/c1-17-11(16)6-9-2-4-10(5-3-9)7-15-13-8-12-14-15;1-13-10(12)6-8-2-4-9(7-11)5-3-8/h2-5,8H,6-7H2,1H3;2-5H,6-7H2,1H3. The van der Waals surface area contributed by atoms with Crippen molar-refractivity contribution in [3.63, 3.8) is 0 Å². The maximum Gasteiger partial charge on any atom is 0.309 e. The molecule has 0 N–H and O–H groups in total. The number of aromatic nitrogens is 4. The lowest BCUT2D eigenvalue weighted by Crippen LogP contribution is -2.06. The van der Waals surface area contributed by atoms with Gasteiger partial charge in [-0.25, -0.2) is 0 Å². The van der Waals surface area contributed by atoms with Gasteiger partial charge in [0, 0.05) is 5.33 Å². The number of nitrogens with zero attached hydrogens (tertiary/aromatic N) is 4. The van der Waals surface area contributed by atoms with Crippen LogP contribution in [0.3, 0.4) is 0 Å². The molecule has 0 amide bonds. The summed E-state index contributed by atoms with van der Waals surface area (Å²) < 4.78 is 9.16. The molecule has 0 saturated heterocycles. The van der Waals surface area contributed by atoms with Crippen LogP contribution in [0.2, 0.25) is 0 Å². The zero-order valence-corrected chi connectivity index (χ0v) is 18.4. The summed E-state index contributed by atoms with van der Waals surface area (Å²) >= 11 is 3.35. The van der Waals surface area contributed by atoms with Gasteiger partial charge in [0.15, 0.2) is 6.33 Å². The maximum absolute atomic E-state index is 11.1. The molecule has 0 radical (unpaired) electrons. The third-order valence-corrected chi connectivity index (χ3v) is 4.72. The van der Waals surface area contributed by atoms with Crippen molar-refractivity contribution in [3.05, 3.63) is 77.1 Å². The molecule has 0 aliphatic rings. The van der Waals surface area contributed by atoms with E-state index >= 15 is 0 Å². The number of carbonyl (C=O) groups excluding carboxylic acids is 2. The van der Waals surface area contributed by atoms with Crippen molar-refractivity contribution >= 4 is 27.9 Å². The van der Waals surface area contributed by atoms with Gasteiger partial charge < -0.3 is 9.47 Å². The average molecular weight is 475 g/mol. The summed E-state index contributed by atoms with van der Waals surface area (Å²) in [5.74, 6) is -0.442. The van der Waals surface area contributed by atoms with Gasteiger partial charge in [0.2, 0.25) is 0 Å². The molecule has 0 bridgehead atoms. The third kappa shape index (κ3) is 8.12. The smallest absolute Gasteiger partial charge is 0.309 e. The van der Waals surface area contributed by atoms with Gasteiger partial charge in [-0.3, -0.25) is 9.59 Å². The first kappa shape index (κ1) is 23.2. The first-order valence-electron chi connectivity index (χ1n) is 9.10. The highest BCUT2D eigenvalue weighted by molar-refractivity contribution is 9.08. The van der Waals surface area contributed by atoms with Crippen molar-refractivity contribution < 1.29 is 19.1 Å². The summed E-state index contributed by atoms with van der Waals surface area (Å²) in [7, 11) is 2.78. The fourth-order valence-corrected chi connectivity index (χ4v) is 2.78. The molecule has 1 heterocycles. The second-order valence-corrected chi connectivity index (χ2v) is 6.80. The third-order valence-electron chi connectivity index (χ3n) is 4.07. The van der Waals surface area contributed by atoms with Crippen LogP contribution in [0.4, 0.5) is 0 Å². The molecule has 0 aliphatic carbocycles. The molecule has 0 unspecified atom stereocenters. The Bertz CT molecular complexity index is 913. The van der Waals surface area contributed by atoms with Crippen molar-refractivity contribution in [2.24, 2.45) is 0 Å². The van der Waals surface area contributed by atoms with Gasteiger partial charge in [0.1, 0.15) is 0 Å². The normalized spacial score (nSPS) is 9.97. The van der Waals surface area contributed by atoms with E-state index in [4.69, 9.17) is 0 Å². The second-order valence-electron chi connectivity index (χ2n) is 6.24. The van der Waals surface area contributed by atoms with E-state index in [0.29, 0.717) is 19.4 Å².